The zero-order chi connectivity index (χ0) is 18.2. The fourth-order valence-electron chi connectivity index (χ4n) is 1.94. The van der Waals surface area contributed by atoms with E-state index in [1.54, 1.807) is 31.2 Å². The molecule has 0 radical (unpaired) electrons. The second kappa shape index (κ2) is 8.49. The molecule has 0 atom stereocenters. The first-order chi connectivity index (χ1) is 12.0. The van der Waals surface area contributed by atoms with Crippen LogP contribution in [0, 0.1) is 0 Å². The number of amides is 1. The van der Waals surface area contributed by atoms with E-state index in [-0.39, 0.29) is 18.1 Å². The van der Waals surface area contributed by atoms with Crippen LogP contribution >= 0.6 is 0 Å². The van der Waals surface area contributed by atoms with Gasteiger partial charge in [0.2, 0.25) is 0 Å². The third-order valence-electron chi connectivity index (χ3n) is 3.15. The third kappa shape index (κ3) is 5.35. The summed E-state index contributed by atoms with van der Waals surface area (Å²) in [6, 6.07) is 12.0. The smallest absolute Gasteiger partial charge is 0.338 e. The highest BCUT2D eigenvalue weighted by Gasteiger charge is 2.08. The molecule has 0 unspecified atom stereocenters. The molecule has 0 spiro atoms. The molecule has 0 aromatic heterocycles. The summed E-state index contributed by atoms with van der Waals surface area (Å²) < 4.78 is 10.2. The number of ether oxygens (including phenoxy) is 2. The van der Waals surface area contributed by atoms with Crippen LogP contribution in [0.25, 0.3) is 0 Å². The number of esters is 1. The van der Waals surface area contributed by atoms with Gasteiger partial charge in [0.05, 0.1) is 17.7 Å². The quantitative estimate of drug-likeness (QED) is 0.749. The van der Waals surface area contributed by atoms with Gasteiger partial charge in [-0.25, -0.2) is 9.59 Å². The van der Waals surface area contributed by atoms with E-state index in [4.69, 9.17) is 14.6 Å². The number of aromatic carboxylic acids is 1. The Kier molecular flexibility index (Phi) is 6.11. The summed E-state index contributed by atoms with van der Waals surface area (Å²) in [5.74, 6) is -1.45. The van der Waals surface area contributed by atoms with Gasteiger partial charge in [0.1, 0.15) is 5.75 Å². The van der Waals surface area contributed by atoms with Crippen LogP contribution in [-0.2, 0) is 9.53 Å². The van der Waals surface area contributed by atoms with Crippen molar-refractivity contribution < 1.29 is 29.0 Å². The van der Waals surface area contributed by atoms with Gasteiger partial charge in [0.15, 0.2) is 6.61 Å². The van der Waals surface area contributed by atoms with Crippen molar-refractivity contribution in [2.45, 2.75) is 6.92 Å². The fraction of sp³-hybridized carbons (Fsp3) is 0.167. The molecular weight excluding hydrogens is 326 g/mol. The van der Waals surface area contributed by atoms with Crippen molar-refractivity contribution in [3.63, 3.8) is 0 Å². The van der Waals surface area contributed by atoms with Crippen LogP contribution in [-0.4, -0.2) is 36.2 Å². The Hall–Kier alpha value is -3.35. The lowest BCUT2D eigenvalue weighted by Gasteiger charge is -2.08. The second-order valence-electron chi connectivity index (χ2n) is 4.96. The molecule has 0 aliphatic heterocycles. The minimum Gasteiger partial charge on any atom is -0.484 e. The topological polar surface area (TPSA) is 102 Å². The molecule has 0 saturated carbocycles. The van der Waals surface area contributed by atoms with E-state index in [0.717, 1.165) is 0 Å². The number of carbonyl (C=O) groups excluding carboxylic acids is 2. The number of benzene rings is 2. The molecule has 0 fully saturated rings. The first-order valence-corrected chi connectivity index (χ1v) is 7.52. The molecule has 1 amide bonds. The van der Waals surface area contributed by atoms with Crippen molar-refractivity contribution in [2.24, 2.45) is 0 Å². The lowest BCUT2D eigenvalue weighted by atomic mass is 10.2. The summed E-state index contributed by atoms with van der Waals surface area (Å²) in [4.78, 5) is 34.1. The fourth-order valence-corrected chi connectivity index (χ4v) is 1.94. The number of carbonyl (C=O) groups is 3. The predicted octanol–water partition coefficient (Wildman–Crippen LogP) is 2.58. The Morgan fingerprint density at radius 1 is 0.960 bits per heavy atom. The summed E-state index contributed by atoms with van der Waals surface area (Å²) >= 11 is 0. The van der Waals surface area contributed by atoms with Crippen LogP contribution in [0.1, 0.15) is 27.6 Å². The van der Waals surface area contributed by atoms with Gasteiger partial charge in [-0.05, 0) is 55.5 Å². The van der Waals surface area contributed by atoms with Crippen LogP contribution in [0.2, 0.25) is 0 Å². The molecule has 0 heterocycles. The van der Waals surface area contributed by atoms with Crippen molar-refractivity contribution in [1.29, 1.82) is 0 Å². The molecule has 2 aromatic rings. The van der Waals surface area contributed by atoms with Gasteiger partial charge in [-0.2, -0.15) is 0 Å². The molecular formula is C18H17NO6. The van der Waals surface area contributed by atoms with Gasteiger partial charge in [-0.1, -0.05) is 0 Å². The van der Waals surface area contributed by atoms with Crippen LogP contribution in [0.15, 0.2) is 48.5 Å². The van der Waals surface area contributed by atoms with E-state index in [1.165, 1.54) is 24.3 Å². The van der Waals surface area contributed by atoms with Gasteiger partial charge >= 0.3 is 11.9 Å². The Bertz CT molecular complexity index is 752. The summed E-state index contributed by atoms with van der Waals surface area (Å²) in [7, 11) is 0. The van der Waals surface area contributed by atoms with E-state index >= 15 is 0 Å². The van der Waals surface area contributed by atoms with Gasteiger partial charge in [0.25, 0.3) is 5.91 Å². The highest BCUT2D eigenvalue weighted by molar-refractivity contribution is 5.93. The largest absolute Gasteiger partial charge is 0.484 e. The lowest BCUT2D eigenvalue weighted by molar-refractivity contribution is -0.118. The molecule has 7 nitrogen and oxygen atoms in total. The number of carboxylic acids is 1. The van der Waals surface area contributed by atoms with Crippen LogP contribution in [0.3, 0.4) is 0 Å². The van der Waals surface area contributed by atoms with Gasteiger partial charge in [0, 0.05) is 5.69 Å². The highest BCUT2D eigenvalue weighted by Crippen LogP contribution is 2.13. The van der Waals surface area contributed by atoms with Crippen molar-refractivity contribution in [3.05, 3.63) is 59.7 Å². The Morgan fingerprint density at radius 2 is 1.56 bits per heavy atom. The molecule has 2 N–H and O–H groups in total. The zero-order valence-corrected chi connectivity index (χ0v) is 13.5. The Labute approximate surface area is 144 Å². The maximum Gasteiger partial charge on any atom is 0.338 e. The van der Waals surface area contributed by atoms with Crippen LogP contribution in [0.5, 0.6) is 5.75 Å². The molecule has 130 valence electrons. The van der Waals surface area contributed by atoms with E-state index in [2.05, 4.69) is 5.32 Å². The Balaban J connectivity index is 1.85. The Morgan fingerprint density at radius 3 is 2.12 bits per heavy atom. The number of hydrogen-bond acceptors (Lipinski definition) is 5. The van der Waals surface area contributed by atoms with Crippen molar-refractivity contribution in [2.75, 3.05) is 18.5 Å². The van der Waals surface area contributed by atoms with Crippen molar-refractivity contribution in [1.82, 2.24) is 0 Å². The molecule has 2 aromatic carbocycles. The standard InChI is InChI=1S/C18H17NO6/c1-2-24-18(23)13-3-7-14(8-4-13)19-16(20)11-25-15-9-5-12(6-10-15)17(21)22/h3-10H,2,11H2,1H3,(H,19,20)(H,21,22). The van der Waals surface area contributed by atoms with E-state index < -0.39 is 11.9 Å². The van der Waals surface area contributed by atoms with E-state index in [1.807, 2.05) is 0 Å². The highest BCUT2D eigenvalue weighted by atomic mass is 16.5. The SMILES string of the molecule is CCOC(=O)c1ccc(NC(=O)COc2ccc(C(=O)O)cc2)cc1. The average molecular weight is 343 g/mol. The molecule has 0 aliphatic carbocycles. The molecule has 7 heteroatoms. The van der Waals surface area contributed by atoms with E-state index in [9.17, 15) is 14.4 Å². The maximum atomic E-state index is 11.9. The van der Waals surface area contributed by atoms with Crippen molar-refractivity contribution >= 4 is 23.5 Å². The van der Waals surface area contributed by atoms with Gasteiger partial charge < -0.3 is 19.9 Å². The summed E-state index contributed by atoms with van der Waals surface area (Å²) in [5.41, 5.74) is 1.05. The molecule has 0 aliphatic rings. The zero-order valence-electron chi connectivity index (χ0n) is 13.5. The van der Waals surface area contributed by atoms with E-state index in [0.29, 0.717) is 23.6 Å². The van der Waals surface area contributed by atoms with Crippen molar-refractivity contribution in [3.8, 4) is 5.75 Å². The first-order valence-electron chi connectivity index (χ1n) is 7.52. The number of anilines is 1. The number of rotatable bonds is 7. The molecule has 25 heavy (non-hydrogen) atoms. The maximum absolute atomic E-state index is 11.9. The monoisotopic (exact) mass is 343 g/mol. The first kappa shape index (κ1) is 18.0. The number of nitrogens with one attached hydrogen (secondary N) is 1. The molecule has 0 saturated heterocycles. The number of hydrogen-bond donors (Lipinski definition) is 2. The summed E-state index contributed by atoms with van der Waals surface area (Å²) in [6.07, 6.45) is 0. The summed E-state index contributed by atoms with van der Waals surface area (Å²) in [5, 5.41) is 11.4. The average Bonchev–Trinajstić information content (AvgIpc) is 2.61. The lowest BCUT2D eigenvalue weighted by Crippen LogP contribution is -2.20. The second-order valence-corrected chi connectivity index (χ2v) is 4.96. The predicted molar refractivity (Wildman–Crippen MR) is 89.9 cm³/mol. The molecule has 2 rings (SSSR count). The minimum absolute atomic E-state index is 0.137. The summed E-state index contributed by atoms with van der Waals surface area (Å²) in [6.45, 7) is 1.79. The third-order valence-corrected chi connectivity index (χ3v) is 3.15. The van der Waals surface area contributed by atoms with Gasteiger partial charge in [-0.15, -0.1) is 0 Å². The number of carboxylic acid groups (broad SMARTS) is 1. The van der Waals surface area contributed by atoms with Crippen LogP contribution < -0.4 is 10.1 Å². The normalized spacial score (nSPS) is 9.96. The van der Waals surface area contributed by atoms with Crippen LogP contribution in [0.4, 0.5) is 5.69 Å². The minimum atomic E-state index is -1.03. The molecule has 0 bridgehead atoms. The van der Waals surface area contributed by atoms with Gasteiger partial charge in [-0.3, -0.25) is 4.79 Å².